The highest BCUT2D eigenvalue weighted by molar-refractivity contribution is 6.23. The average Bonchev–Trinajstić information content (AvgIpc) is 1.65. The largest absolute Gasteiger partial charge is 0.370 e. The number of carbonyl (C=O) groups excluding carboxylic acids is 1. The predicted molar refractivity (Wildman–Crippen MR) is 33.2 cm³/mol. The van der Waals surface area contributed by atoms with E-state index < -0.39 is 0 Å². The van der Waals surface area contributed by atoms with Crippen molar-refractivity contribution < 1.29 is 4.79 Å². The highest BCUT2D eigenvalue weighted by Crippen LogP contribution is 1.99. The van der Waals surface area contributed by atoms with Gasteiger partial charge in [-0.1, -0.05) is 6.92 Å². The fourth-order valence-corrected chi connectivity index (χ4v) is 0.201. The third-order valence-corrected chi connectivity index (χ3v) is 2.48. The summed E-state index contributed by atoms with van der Waals surface area (Å²) in [5, 5.41) is 0. The minimum absolute atomic E-state index is 0.144. The molecule has 0 spiro atoms. The lowest BCUT2D eigenvalue weighted by atomic mass is 10.3. The molecule has 0 aliphatic rings. The quantitative estimate of drug-likeness (QED) is 0.465. The Kier molecular flexibility index (Phi) is 2.67. The molecule has 0 aromatic heterocycles. The first-order chi connectivity index (χ1) is 3.18. The Hall–Kier alpha value is -0.313. The Morgan fingerprint density at radius 3 is 2.43 bits per heavy atom. The van der Waals surface area contributed by atoms with Crippen LogP contribution in [0.1, 0.15) is 13.3 Å². The first-order valence-corrected chi connectivity index (χ1v) is 3.63. The van der Waals surface area contributed by atoms with Gasteiger partial charge < -0.3 is 5.73 Å². The van der Waals surface area contributed by atoms with Gasteiger partial charge in [0, 0.05) is 15.8 Å². The molecule has 2 N–H and O–H groups in total. The van der Waals surface area contributed by atoms with Crippen LogP contribution < -0.4 is 5.73 Å². The number of primary amides is 1. The minimum Gasteiger partial charge on any atom is -0.370 e. The van der Waals surface area contributed by atoms with E-state index in [0.717, 1.165) is 16.7 Å². The molecule has 3 heteroatoms. The normalized spacial score (nSPS) is 13.9. The van der Waals surface area contributed by atoms with E-state index in [1.165, 1.54) is 0 Å². The van der Waals surface area contributed by atoms with Crippen molar-refractivity contribution in [2.24, 2.45) is 5.73 Å². The second-order valence-electron chi connectivity index (χ2n) is 1.71. The lowest BCUT2D eigenvalue weighted by Gasteiger charge is -1.97. The molecular weight excluding hydrogens is 106 g/mol. The first kappa shape index (κ1) is 6.69. The fraction of sp³-hybridized carbons (Fsp3) is 0.750. The second kappa shape index (κ2) is 2.79. The molecular formula is C4H11NOSi. The van der Waals surface area contributed by atoms with Gasteiger partial charge in [-0.3, -0.25) is 4.79 Å². The molecule has 42 valence electrons. The molecule has 0 aromatic carbocycles. The minimum atomic E-state index is -0.144. The van der Waals surface area contributed by atoms with Gasteiger partial charge in [-0.15, -0.1) is 0 Å². The van der Waals surface area contributed by atoms with Crippen LogP contribution in [-0.4, -0.2) is 16.1 Å². The van der Waals surface area contributed by atoms with Crippen LogP contribution in [0.3, 0.4) is 0 Å². The number of rotatable bonds is 2. The van der Waals surface area contributed by atoms with E-state index in [2.05, 4.69) is 0 Å². The van der Waals surface area contributed by atoms with Crippen molar-refractivity contribution in [1.29, 1.82) is 0 Å². The van der Waals surface area contributed by atoms with Crippen LogP contribution in [0.2, 0.25) is 5.54 Å². The van der Waals surface area contributed by atoms with Gasteiger partial charge in [-0.05, 0) is 6.42 Å². The molecule has 0 aliphatic heterocycles. The van der Waals surface area contributed by atoms with Crippen LogP contribution in [0.25, 0.3) is 0 Å². The van der Waals surface area contributed by atoms with Gasteiger partial charge in [-0.2, -0.15) is 0 Å². The first-order valence-electron chi connectivity index (χ1n) is 2.47. The summed E-state index contributed by atoms with van der Waals surface area (Å²) in [6.07, 6.45) is 0.904. The molecule has 0 radical (unpaired) electrons. The van der Waals surface area contributed by atoms with E-state index in [1.807, 2.05) is 6.92 Å². The molecule has 0 aromatic rings. The number of amides is 1. The van der Waals surface area contributed by atoms with Gasteiger partial charge in [0.2, 0.25) is 5.91 Å². The van der Waals surface area contributed by atoms with Gasteiger partial charge in [0.25, 0.3) is 0 Å². The Bertz CT molecular complexity index is 74.1. The molecule has 1 unspecified atom stereocenters. The molecule has 0 heterocycles. The van der Waals surface area contributed by atoms with Crippen molar-refractivity contribution in [3.05, 3.63) is 0 Å². The van der Waals surface area contributed by atoms with Crippen molar-refractivity contribution in [2.75, 3.05) is 0 Å². The van der Waals surface area contributed by atoms with E-state index in [0.29, 0.717) is 0 Å². The van der Waals surface area contributed by atoms with Gasteiger partial charge >= 0.3 is 0 Å². The highest BCUT2D eigenvalue weighted by Gasteiger charge is 2.02. The number of hydrogen-bond acceptors (Lipinski definition) is 1. The molecule has 0 aliphatic carbocycles. The van der Waals surface area contributed by atoms with Crippen molar-refractivity contribution in [1.82, 2.24) is 0 Å². The molecule has 7 heavy (non-hydrogen) atoms. The lowest BCUT2D eigenvalue weighted by Crippen LogP contribution is -2.17. The van der Waals surface area contributed by atoms with Crippen LogP contribution in [0.4, 0.5) is 0 Å². The molecule has 2 nitrogen and oxygen atoms in total. The van der Waals surface area contributed by atoms with Crippen LogP contribution in [0.15, 0.2) is 0 Å². The number of carbonyl (C=O) groups is 1. The highest BCUT2D eigenvalue weighted by atomic mass is 28.1. The third kappa shape index (κ3) is 2.39. The second-order valence-corrected chi connectivity index (χ2v) is 3.11. The van der Waals surface area contributed by atoms with E-state index in [9.17, 15) is 4.79 Å². The predicted octanol–water partition coefficient (Wildman–Crippen LogP) is -0.964. The van der Waals surface area contributed by atoms with Gasteiger partial charge in [0.15, 0.2) is 0 Å². The molecule has 1 amide bonds. The van der Waals surface area contributed by atoms with Crippen LogP contribution >= 0.6 is 0 Å². The molecule has 0 saturated carbocycles. The molecule has 1 atom stereocenters. The summed E-state index contributed by atoms with van der Waals surface area (Å²) >= 11 is 0. The Labute approximate surface area is 46.5 Å². The molecule has 0 bridgehead atoms. The van der Waals surface area contributed by atoms with Crippen molar-refractivity contribution in [3.8, 4) is 0 Å². The van der Waals surface area contributed by atoms with Crippen molar-refractivity contribution >= 4 is 16.1 Å². The summed E-state index contributed by atoms with van der Waals surface area (Å²) in [6, 6.07) is 0. The summed E-state index contributed by atoms with van der Waals surface area (Å²) in [6.45, 7) is 1.97. The topological polar surface area (TPSA) is 43.1 Å². The van der Waals surface area contributed by atoms with Gasteiger partial charge in [-0.25, -0.2) is 0 Å². The maximum Gasteiger partial charge on any atom is 0.216 e. The zero-order chi connectivity index (χ0) is 5.86. The monoisotopic (exact) mass is 117 g/mol. The Morgan fingerprint density at radius 1 is 2.00 bits per heavy atom. The summed E-state index contributed by atoms with van der Waals surface area (Å²) in [4.78, 5) is 10.2. The van der Waals surface area contributed by atoms with Crippen molar-refractivity contribution in [2.45, 2.75) is 18.9 Å². The smallest absolute Gasteiger partial charge is 0.216 e. The van der Waals surface area contributed by atoms with Gasteiger partial charge in [0.05, 0.1) is 0 Å². The SMILES string of the molecule is CCC([SiH3])C(N)=O. The summed E-state index contributed by atoms with van der Waals surface area (Å²) < 4.78 is 0. The maximum atomic E-state index is 10.2. The number of hydrogen-bond donors (Lipinski definition) is 1. The van der Waals surface area contributed by atoms with E-state index in [4.69, 9.17) is 5.73 Å². The summed E-state index contributed by atoms with van der Waals surface area (Å²) in [5.41, 5.74) is 5.12. The Morgan fingerprint density at radius 2 is 2.43 bits per heavy atom. The maximum absolute atomic E-state index is 10.2. The zero-order valence-corrected chi connectivity index (χ0v) is 6.77. The standard InChI is InChI=1S/C4H11NOSi/c1-2-3(7)4(5)6/h3H,2H2,1,7H3,(H2,5,6). The molecule has 0 rings (SSSR count). The van der Waals surface area contributed by atoms with Crippen LogP contribution in [0.5, 0.6) is 0 Å². The molecule has 0 fully saturated rings. The van der Waals surface area contributed by atoms with Crippen LogP contribution in [-0.2, 0) is 4.79 Å². The van der Waals surface area contributed by atoms with E-state index in [-0.39, 0.29) is 11.4 Å². The van der Waals surface area contributed by atoms with E-state index in [1.54, 1.807) is 0 Å². The number of nitrogens with two attached hydrogens (primary N) is 1. The lowest BCUT2D eigenvalue weighted by molar-refractivity contribution is -0.117. The Balaban J connectivity index is 3.34. The van der Waals surface area contributed by atoms with E-state index >= 15 is 0 Å². The summed E-state index contributed by atoms with van der Waals surface area (Å²) in [5.74, 6) is -0.144. The van der Waals surface area contributed by atoms with Gasteiger partial charge in [0.1, 0.15) is 0 Å². The fourth-order valence-electron chi connectivity index (χ4n) is 0.201. The van der Waals surface area contributed by atoms with Crippen LogP contribution in [0, 0.1) is 0 Å². The molecule has 0 saturated heterocycles. The average molecular weight is 117 g/mol. The third-order valence-electron chi connectivity index (χ3n) is 1.10. The summed E-state index contributed by atoms with van der Waals surface area (Å²) in [7, 11) is 0.900. The zero-order valence-electron chi connectivity index (χ0n) is 4.77. The van der Waals surface area contributed by atoms with Crippen molar-refractivity contribution in [3.63, 3.8) is 0 Å².